The van der Waals surface area contributed by atoms with Crippen molar-refractivity contribution < 1.29 is 13.2 Å². The van der Waals surface area contributed by atoms with Crippen molar-refractivity contribution in [2.24, 2.45) is 5.14 Å². The molecule has 0 saturated heterocycles. The van der Waals surface area contributed by atoms with Gasteiger partial charge in [-0.15, -0.1) is 0 Å². The summed E-state index contributed by atoms with van der Waals surface area (Å²) < 4.78 is 22.4. The monoisotopic (exact) mass is 381 g/mol. The minimum Gasteiger partial charge on any atom is -0.325 e. The number of carbonyl (C=O) groups is 1. The number of nitrogens with two attached hydrogens (primary N) is 1. The fourth-order valence-electron chi connectivity index (χ4n) is 2.20. The third kappa shape index (κ3) is 5.54. The van der Waals surface area contributed by atoms with Crippen molar-refractivity contribution in [3.8, 4) is 0 Å². The van der Waals surface area contributed by atoms with Gasteiger partial charge >= 0.3 is 0 Å². The van der Waals surface area contributed by atoms with E-state index in [9.17, 15) is 13.2 Å². The van der Waals surface area contributed by atoms with E-state index in [1.165, 1.54) is 24.3 Å². The van der Waals surface area contributed by atoms with Gasteiger partial charge in [0.15, 0.2) is 0 Å². The van der Waals surface area contributed by atoms with Gasteiger partial charge in [-0.2, -0.15) is 0 Å². The summed E-state index contributed by atoms with van der Waals surface area (Å²) in [7, 11) is -3.75. The number of hydrogen-bond acceptors (Lipinski definition) is 4. The molecule has 0 aliphatic carbocycles. The number of anilines is 1. The molecule has 6 nitrogen and oxygen atoms in total. The van der Waals surface area contributed by atoms with Crippen molar-refractivity contribution in [2.45, 2.75) is 24.3 Å². The van der Waals surface area contributed by atoms with Crippen LogP contribution in [0.5, 0.6) is 0 Å². The van der Waals surface area contributed by atoms with Gasteiger partial charge < -0.3 is 5.32 Å². The van der Waals surface area contributed by atoms with Gasteiger partial charge in [0.25, 0.3) is 0 Å². The maximum atomic E-state index is 12.1. The SMILES string of the molecule is CC(C)(NCC(=O)Nc1ccc(S(N)(=O)=O)cc1)c1ccc(Cl)cc1. The Kier molecular flexibility index (Phi) is 5.84. The predicted octanol–water partition coefficient (Wildman–Crippen LogP) is 2.45. The van der Waals surface area contributed by atoms with Crippen molar-refractivity contribution in [3.05, 3.63) is 59.1 Å². The molecule has 0 aromatic heterocycles. The molecule has 2 rings (SSSR count). The number of carbonyl (C=O) groups excluding carboxylic acids is 1. The van der Waals surface area contributed by atoms with Gasteiger partial charge in [-0.25, -0.2) is 13.6 Å². The molecule has 0 heterocycles. The number of amides is 1. The summed E-state index contributed by atoms with van der Waals surface area (Å²) in [4.78, 5) is 12.1. The number of primary sulfonamides is 1. The van der Waals surface area contributed by atoms with Crippen LogP contribution < -0.4 is 15.8 Å². The Bertz CT molecular complexity index is 848. The molecule has 4 N–H and O–H groups in total. The minimum atomic E-state index is -3.75. The van der Waals surface area contributed by atoms with Crippen LogP contribution in [0.25, 0.3) is 0 Å². The topological polar surface area (TPSA) is 101 Å². The van der Waals surface area contributed by atoms with E-state index in [1.54, 1.807) is 12.1 Å². The molecule has 0 saturated carbocycles. The molecule has 0 aliphatic heterocycles. The molecule has 8 heteroatoms. The van der Waals surface area contributed by atoms with E-state index in [0.717, 1.165) is 5.56 Å². The molecule has 2 aromatic carbocycles. The molecule has 0 radical (unpaired) electrons. The van der Waals surface area contributed by atoms with Crippen LogP contribution in [-0.2, 0) is 20.4 Å². The molecule has 0 fully saturated rings. The Morgan fingerprint density at radius 1 is 1.08 bits per heavy atom. The minimum absolute atomic E-state index is 0.00695. The first-order valence-electron chi connectivity index (χ1n) is 7.52. The Morgan fingerprint density at radius 3 is 2.16 bits per heavy atom. The number of hydrogen-bond donors (Lipinski definition) is 3. The Morgan fingerprint density at radius 2 is 1.64 bits per heavy atom. The van der Waals surface area contributed by atoms with Gasteiger partial charge in [-0.3, -0.25) is 10.1 Å². The van der Waals surface area contributed by atoms with Crippen LogP contribution in [0, 0.1) is 0 Å². The summed E-state index contributed by atoms with van der Waals surface area (Å²) in [5.74, 6) is -0.245. The van der Waals surface area contributed by atoms with E-state index in [0.29, 0.717) is 10.7 Å². The highest BCUT2D eigenvalue weighted by Gasteiger charge is 2.20. The van der Waals surface area contributed by atoms with Gasteiger partial charge in [0.1, 0.15) is 0 Å². The molecule has 0 aliphatic rings. The lowest BCUT2D eigenvalue weighted by molar-refractivity contribution is -0.115. The standard InChI is InChI=1S/C17H20ClN3O3S/c1-17(2,12-3-5-13(18)6-4-12)20-11-16(22)21-14-7-9-15(10-8-14)25(19,23)24/h3-10,20H,11H2,1-2H3,(H,21,22)(H2,19,23,24). The molecule has 0 unspecified atom stereocenters. The van der Waals surface area contributed by atoms with E-state index >= 15 is 0 Å². The lowest BCUT2D eigenvalue weighted by Crippen LogP contribution is -2.41. The third-order valence-corrected chi connectivity index (χ3v) is 4.90. The zero-order valence-electron chi connectivity index (χ0n) is 13.9. The quantitative estimate of drug-likeness (QED) is 0.715. The highest BCUT2D eigenvalue weighted by atomic mass is 35.5. The maximum absolute atomic E-state index is 12.1. The molecular weight excluding hydrogens is 362 g/mol. The number of nitrogens with one attached hydrogen (secondary N) is 2. The van der Waals surface area contributed by atoms with E-state index in [4.69, 9.17) is 16.7 Å². The zero-order chi connectivity index (χ0) is 18.7. The van der Waals surface area contributed by atoms with Crippen LogP contribution >= 0.6 is 11.6 Å². The van der Waals surface area contributed by atoms with E-state index < -0.39 is 15.6 Å². The largest absolute Gasteiger partial charge is 0.325 e. The van der Waals surface area contributed by atoms with Gasteiger partial charge in [-0.05, 0) is 55.8 Å². The predicted molar refractivity (Wildman–Crippen MR) is 98.9 cm³/mol. The van der Waals surface area contributed by atoms with Crippen LogP contribution in [0.3, 0.4) is 0 Å². The van der Waals surface area contributed by atoms with Crippen LogP contribution in [0.15, 0.2) is 53.4 Å². The Balaban J connectivity index is 1.95. The lowest BCUT2D eigenvalue weighted by Gasteiger charge is -2.27. The van der Waals surface area contributed by atoms with Crippen LogP contribution in [0.1, 0.15) is 19.4 Å². The van der Waals surface area contributed by atoms with E-state index in [2.05, 4.69) is 10.6 Å². The van der Waals surface area contributed by atoms with E-state index in [1.807, 2.05) is 26.0 Å². The van der Waals surface area contributed by atoms with Crippen LogP contribution in [0.2, 0.25) is 5.02 Å². The molecular formula is C17H20ClN3O3S. The summed E-state index contributed by atoms with van der Waals surface area (Å²) >= 11 is 5.89. The smallest absolute Gasteiger partial charge is 0.238 e. The fraction of sp³-hybridized carbons (Fsp3) is 0.235. The number of rotatable bonds is 6. The molecule has 0 bridgehead atoms. The van der Waals surface area contributed by atoms with Crippen molar-refractivity contribution in [1.29, 1.82) is 0 Å². The van der Waals surface area contributed by atoms with Gasteiger partial charge in [0, 0.05) is 16.2 Å². The molecule has 134 valence electrons. The molecule has 2 aromatic rings. The normalized spacial score (nSPS) is 12.0. The van der Waals surface area contributed by atoms with Crippen LogP contribution in [0.4, 0.5) is 5.69 Å². The Labute approximate surface area is 152 Å². The summed E-state index contributed by atoms with van der Waals surface area (Å²) in [6.45, 7) is 4.02. The fourth-order valence-corrected chi connectivity index (χ4v) is 2.84. The molecule has 0 atom stereocenters. The highest BCUT2D eigenvalue weighted by molar-refractivity contribution is 7.89. The highest BCUT2D eigenvalue weighted by Crippen LogP contribution is 2.21. The number of halogens is 1. The third-order valence-electron chi connectivity index (χ3n) is 3.72. The second kappa shape index (κ2) is 7.53. The average Bonchev–Trinajstić information content (AvgIpc) is 2.53. The summed E-state index contributed by atoms with van der Waals surface area (Å²) in [5, 5.41) is 11.6. The molecule has 25 heavy (non-hydrogen) atoms. The number of benzene rings is 2. The Hall–Kier alpha value is -1.93. The average molecular weight is 382 g/mol. The first-order valence-corrected chi connectivity index (χ1v) is 9.44. The van der Waals surface area contributed by atoms with Crippen LogP contribution in [-0.4, -0.2) is 20.9 Å². The first-order chi connectivity index (χ1) is 11.6. The second-order valence-corrected chi connectivity index (χ2v) is 8.10. The zero-order valence-corrected chi connectivity index (χ0v) is 15.5. The van der Waals surface area contributed by atoms with Gasteiger partial charge in [0.2, 0.25) is 15.9 Å². The summed E-state index contributed by atoms with van der Waals surface area (Å²) in [6.07, 6.45) is 0. The van der Waals surface area contributed by atoms with Gasteiger partial charge in [-0.1, -0.05) is 23.7 Å². The summed E-state index contributed by atoms with van der Waals surface area (Å²) in [6, 6.07) is 13.1. The lowest BCUT2D eigenvalue weighted by atomic mass is 9.94. The maximum Gasteiger partial charge on any atom is 0.238 e. The van der Waals surface area contributed by atoms with Crippen molar-refractivity contribution in [3.63, 3.8) is 0 Å². The van der Waals surface area contributed by atoms with Gasteiger partial charge in [0.05, 0.1) is 11.4 Å². The molecule has 1 amide bonds. The van der Waals surface area contributed by atoms with E-state index in [-0.39, 0.29) is 17.3 Å². The molecule has 0 spiro atoms. The first kappa shape index (κ1) is 19.4. The second-order valence-electron chi connectivity index (χ2n) is 6.10. The van der Waals surface area contributed by atoms with Crippen molar-refractivity contribution in [2.75, 3.05) is 11.9 Å². The number of sulfonamides is 1. The summed E-state index contributed by atoms with van der Waals surface area (Å²) in [5.41, 5.74) is 1.07. The van der Waals surface area contributed by atoms with Crippen molar-refractivity contribution >= 4 is 33.2 Å². The van der Waals surface area contributed by atoms with Crippen molar-refractivity contribution in [1.82, 2.24) is 5.32 Å².